The first-order valence-electron chi connectivity index (χ1n) is 33.3. The van der Waals surface area contributed by atoms with E-state index < -0.39 is 241 Å². The third-order valence-electron chi connectivity index (χ3n) is 16.9. The van der Waals surface area contributed by atoms with Crippen molar-refractivity contribution in [3.8, 4) is 17.6 Å². The van der Waals surface area contributed by atoms with Crippen LogP contribution in [0.5, 0.6) is 5.75 Å². The molecule has 15 unspecified atom stereocenters. The molecule has 5 rings (SSSR count). The van der Waals surface area contributed by atoms with Gasteiger partial charge in [-0.25, -0.2) is 0 Å². The number of rotatable bonds is 39. The summed E-state index contributed by atoms with van der Waals surface area (Å²) in [6.45, 7) is 5.41. The van der Waals surface area contributed by atoms with Crippen LogP contribution in [0.1, 0.15) is 111 Å². The van der Waals surface area contributed by atoms with E-state index in [4.69, 9.17) is 61.6 Å². The summed E-state index contributed by atoms with van der Waals surface area (Å²) in [5, 5.41) is 155. The Morgan fingerprint density at radius 2 is 1.15 bits per heavy atom. The fraction of sp³-hybridized carbons (Fsp3) is 0.797. The molecule has 18 N–H and O–H groups in total. The summed E-state index contributed by atoms with van der Waals surface area (Å²) in [5.74, 6) is 2.71. The third kappa shape index (κ3) is 24.8. The second-order valence-corrected chi connectivity index (χ2v) is 24.8. The van der Waals surface area contributed by atoms with E-state index in [1.165, 1.54) is 40.0 Å². The maximum absolute atomic E-state index is 13.9. The zero-order valence-electron chi connectivity index (χ0n) is 57.5. The van der Waals surface area contributed by atoms with Crippen molar-refractivity contribution in [1.82, 2.24) is 26.6 Å². The van der Waals surface area contributed by atoms with Gasteiger partial charge in [0.25, 0.3) is 5.91 Å². The SMILES string of the molecule is CCCCCCC#CCCCOc1cccc(C(=O)N[C@@H]2C(O[C@H]3C(O)C(NC(C)=O)[C@H](OC(C)C(CO)O[C@@H](O[C@H]4C(O)C(NC(C)=O)C(OC(C)C(CO[C@@H]5OC(C)C(O)[C@H](O)[C@H]5OC)OC(O)[C@H](CO)NC(C)=O)O[C@H]4CO)C(O)NC(C)=O)O[C@H]3CO)OC(CO)[C@@H](O)[C@@H]2O)c1. The molecule has 4 fully saturated rings. The van der Waals surface area contributed by atoms with E-state index in [0.29, 0.717) is 18.6 Å². The Bertz CT molecular complexity index is 2700. The number of aliphatic hydroxyl groups is 13. The van der Waals surface area contributed by atoms with Crippen molar-refractivity contribution in [2.75, 3.05) is 53.4 Å². The maximum atomic E-state index is 13.9. The van der Waals surface area contributed by atoms with Gasteiger partial charge < -0.3 is 155 Å². The molecule has 1 aromatic carbocycles. The average molecular weight is 1440 g/mol. The predicted octanol–water partition coefficient (Wildman–Crippen LogP) is -6.04. The number of hydrogen-bond donors (Lipinski definition) is 18. The zero-order chi connectivity index (χ0) is 74.1. The number of hydrogen-bond acceptors (Lipinski definition) is 31. The first-order valence-corrected chi connectivity index (χ1v) is 33.3. The van der Waals surface area contributed by atoms with Crippen LogP contribution in [0.3, 0.4) is 0 Å². The Kier molecular flexibility index (Phi) is 36.5. The minimum absolute atomic E-state index is 0.0438. The van der Waals surface area contributed by atoms with Crippen molar-refractivity contribution in [2.45, 2.75) is 272 Å². The molecule has 36 heteroatoms. The van der Waals surface area contributed by atoms with Gasteiger partial charge in [0, 0.05) is 53.2 Å². The summed E-state index contributed by atoms with van der Waals surface area (Å²) >= 11 is 0. The van der Waals surface area contributed by atoms with E-state index in [9.17, 15) is 90.4 Å². The van der Waals surface area contributed by atoms with Gasteiger partial charge in [-0.2, -0.15) is 0 Å². The molecule has 1 aromatic rings. The summed E-state index contributed by atoms with van der Waals surface area (Å²) in [6.07, 6.45) is -34.1. The quantitative estimate of drug-likeness (QED) is 0.0166. The van der Waals surface area contributed by atoms with Gasteiger partial charge in [-0.05, 0) is 51.8 Å². The molecule has 28 atom stereocenters. The number of methoxy groups -OCH3 is 1. The predicted molar refractivity (Wildman–Crippen MR) is 341 cm³/mol. The maximum Gasteiger partial charge on any atom is 0.251 e. The van der Waals surface area contributed by atoms with Crippen molar-refractivity contribution in [1.29, 1.82) is 0 Å². The highest BCUT2D eigenvalue weighted by Gasteiger charge is 2.54. The van der Waals surface area contributed by atoms with Crippen molar-refractivity contribution in [3.05, 3.63) is 29.8 Å². The van der Waals surface area contributed by atoms with Crippen LogP contribution in [0, 0.1) is 11.8 Å². The van der Waals surface area contributed by atoms with Crippen LogP contribution in [0.4, 0.5) is 0 Å². The van der Waals surface area contributed by atoms with Gasteiger partial charge in [-0.15, -0.1) is 11.8 Å². The number of unbranched alkanes of at least 4 members (excludes halogenated alkanes) is 5. The standard InChI is InChI=1S/C64H105N5O31/c1-10-11-12-13-14-15-16-17-18-22-89-38-21-19-20-37(23-38)57(85)69-45-50(81)49(80)41(26-72)96-62(45)99-54-42(27-73)97-60(46(51(54)82)66-34(6)76)91-30(2)40(25-71)95-64(58(86)68-36(8)78)100-55-43(28-74)98-61(47(52(55)83)67-35(7)77)92-31(3)44(94-59(87)39(24-70)65-33(5)75)29-90-63-56(88-9)53(84)48(79)32(4)93-63/h19-21,23,30-32,39-56,58-64,70-74,79-84,86-87H,10-14,17-18,22,24-29H2,1-9H3,(H,65,75)(H,66,76)(H,67,77)(H,68,78)(H,69,85)/t30?,31?,32?,39-,40?,41?,42-,43-,44?,45-,46?,47?,48?,49+,50+,51?,52?,53-,54+,55+,56+,58?,59?,60+,61?,62?,63+,64-/m0/s1. The number of carbonyl (C=O) groups is 5. The molecular weight excluding hydrogens is 1330 g/mol. The van der Waals surface area contributed by atoms with E-state index in [-0.39, 0.29) is 12.2 Å². The van der Waals surface area contributed by atoms with E-state index in [1.807, 2.05) is 0 Å². The smallest absolute Gasteiger partial charge is 0.251 e. The number of carbonyl (C=O) groups excluding carboxylic acids is 5. The van der Waals surface area contributed by atoms with Crippen molar-refractivity contribution in [3.63, 3.8) is 0 Å². The zero-order valence-corrected chi connectivity index (χ0v) is 57.5. The number of amides is 5. The van der Waals surface area contributed by atoms with Gasteiger partial charge in [0.2, 0.25) is 29.9 Å². The highest BCUT2D eigenvalue weighted by Crippen LogP contribution is 2.34. The fourth-order valence-electron chi connectivity index (χ4n) is 11.4. The highest BCUT2D eigenvalue weighted by molar-refractivity contribution is 5.94. The summed E-state index contributed by atoms with van der Waals surface area (Å²) in [4.78, 5) is 64.1. The molecule has 0 radical (unpaired) electrons. The lowest BCUT2D eigenvalue weighted by Gasteiger charge is -2.48. The Balaban J connectivity index is 1.35. The molecular formula is C64H105N5O31. The van der Waals surface area contributed by atoms with Crippen LogP contribution in [0.15, 0.2) is 24.3 Å². The lowest BCUT2D eigenvalue weighted by atomic mass is 9.94. The van der Waals surface area contributed by atoms with Crippen LogP contribution in [-0.2, 0) is 76.0 Å². The molecule has 4 saturated heterocycles. The first-order chi connectivity index (χ1) is 47.6. The van der Waals surface area contributed by atoms with E-state index in [0.717, 1.165) is 59.8 Å². The van der Waals surface area contributed by atoms with Gasteiger partial charge in [0.05, 0.1) is 64.6 Å². The molecule has 36 nitrogen and oxygen atoms in total. The molecule has 4 aliphatic heterocycles. The summed E-state index contributed by atoms with van der Waals surface area (Å²) in [6, 6.07) is -0.369. The van der Waals surface area contributed by atoms with Crippen LogP contribution >= 0.6 is 0 Å². The summed E-state index contributed by atoms with van der Waals surface area (Å²) in [5.41, 5.74) is 0.0438. The second kappa shape index (κ2) is 42.6. The largest absolute Gasteiger partial charge is 0.494 e. The fourth-order valence-corrected chi connectivity index (χ4v) is 11.4. The van der Waals surface area contributed by atoms with Gasteiger partial charge in [-0.3, -0.25) is 24.0 Å². The third-order valence-corrected chi connectivity index (χ3v) is 16.9. The molecule has 0 aromatic heterocycles. The lowest BCUT2D eigenvalue weighted by molar-refractivity contribution is -0.348. The number of ether oxygens (including phenoxy) is 13. The molecule has 572 valence electrons. The van der Waals surface area contributed by atoms with E-state index >= 15 is 0 Å². The number of aliphatic hydroxyl groups excluding tert-OH is 13. The minimum Gasteiger partial charge on any atom is -0.494 e. The molecule has 0 spiro atoms. The van der Waals surface area contributed by atoms with Gasteiger partial charge >= 0.3 is 0 Å². The normalized spacial score (nSPS) is 32.4. The van der Waals surface area contributed by atoms with Gasteiger partial charge in [0.1, 0.15) is 115 Å². The molecule has 0 aliphatic carbocycles. The summed E-state index contributed by atoms with van der Waals surface area (Å²) in [7, 11) is 1.21. The van der Waals surface area contributed by atoms with Crippen LogP contribution in [0.25, 0.3) is 0 Å². The number of benzene rings is 1. The van der Waals surface area contributed by atoms with Crippen LogP contribution in [-0.4, -0.2) is 321 Å². The summed E-state index contributed by atoms with van der Waals surface area (Å²) < 4.78 is 77.6. The first kappa shape index (κ1) is 85.6. The van der Waals surface area contributed by atoms with E-state index in [2.05, 4.69) is 45.3 Å². The van der Waals surface area contributed by atoms with Crippen molar-refractivity contribution >= 4 is 29.5 Å². The second-order valence-electron chi connectivity index (χ2n) is 24.8. The van der Waals surface area contributed by atoms with Crippen LogP contribution in [0.2, 0.25) is 0 Å². The molecule has 0 bridgehead atoms. The monoisotopic (exact) mass is 1440 g/mol. The Hall–Kier alpha value is -5.07. The highest BCUT2D eigenvalue weighted by atomic mass is 16.8. The average Bonchev–Trinajstić information content (AvgIpc) is 0.786. The Morgan fingerprint density at radius 3 is 1.71 bits per heavy atom. The van der Waals surface area contributed by atoms with E-state index in [1.54, 1.807) is 12.1 Å². The Labute approximate surface area is 579 Å². The lowest BCUT2D eigenvalue weighted by Crippen LogP contribution is -2.69. The van der Waals surface area contributed by atoms with Gasteiger partial charge in [-0.1, -0.05) is 32.3 Å². The molecule has 4 aliphatic rings. The molecule has 4 heterocycles. The molecule has 0 saturated carbocycles. The minimum atomic E-state index is -2.20. The topological polar surface area (TPSA) is 528 Å². The van der Waals surface area contributed by atoms with Crippen molar-refractivity contribution < 1.29 is 152 Å². The number of nitrogens with one attached hydrogen (secondary N) is 5. The van der Waals surface area contributed by atoms with Crippen LogP contribution < -0.4 is 31.3 Å². The molecule has 5 amide bonds. The van der Waals surface area contributed by atoms with Gasteiger partial charge in [0.15, 0.2) is 37.7 Å². The van der Waals surface area contributed by atoms with Crippen molar-refractivity contribution in [2.24, 2.45) is 0 Å². The molecule has 100 heavy (non-hydrogen) atoms. The Morgan fingerprint density at radius 1 is 0.580 bits per heavy atom.